The van der Waals surface area contributed by atoms with Crippen molar-refractivity contribution in [3.8, 4) is 0 Å². The molecule has 0 spiro atoms. The largest absolute Gasteiger partial charge is 0.481 e. The zero-order valence-electron chi connectivity index (χ0n) is 9.04. The van der Waals surface area contributed by atoms with Gasteiger partial charge < -0.3 is 5.11 Å². The summed E-state index contributed by atoms with van der Waals surface area (Å²) in [6, 6.07) is 0. The average molecular weight is 221 g/mol. The van der Waals surface area contributed by atoms with E-state index in [0.717, 1.165) is 0 Å². The molecule has 1 atom stereocenters. The van der Waals surface area contributed by atoms with Gasteiger partial charge in [0.1, 0.15) is 0 Å². The maximum absolute atomic E-state index is 10.3. The van der Waals surface area contributed by atoms with Crippen LogP contribution in [0.5, 0.6) is 0 Å². The quantitative estimate of drug-likeness (QED) is 0.450. The number of halogens is 1. The minimum atomic E-state index is -0.911. The maximum atomic E-state index is 10.3. The summed E-state index contributed by atoms with van der Waals surface area (Å²) in [4.78, 5) is 9.41. The lowest BCUT2D eigenvalue weighted by Crippen LogP contribution is -2.17. The van der Waals surface area contributed by atoms with Gasteiger partial charge >= 0.3 is 5.97 Å². The minimum absolute atomic E-state index is 0.00314. The van der Waals surface area contributed by atoms with Crippen molar-refractivity contribution in [1.82, 2.24) is 0 Å². The van der Waals surface area contributed by atoms with Crippen LogP contribution in [0.1, 0.15) is 40.5 Å². The van der Waals surface area contributed by atoms with Gasteiger partial charge in [-0.05, 0) is 34.1 Å². The Labute approximate surface area is 89.4 Å². The molecule has 0 fully saturated rings. The highest BCUT2D eigenvalue weighted by Gasteiger charge is 2.22. The minimum Gasteiger partial charge on any atom is -0.481 e. The molecular formula is C9H17ClN2O2. The van der Waals surface area contributed by atoms with Crippen molar-refractivity contribution in [3.05, 3.63) is 0 Å². The first-order chi connectivity index (χ1) is 6.12. The topological polar surface area (TPSA) is 62.0 Å². The van der Waals surface area contributed by atoms with Crippen LogP contribution in [0.2, 0.25) is 0 Å². The van der Waals surface area contributed by atoms with Crippen LogP contribution in [0.25, 0.3) is 0 Å². The second-order valence-electron chi connectivity index (χ2n) is 4.41. The molecule has 0 aliphatic rings. The fourth-order valence-electron chi connectivity index (χ4n) is 0.639. The Kier molecular flexibility index (Phi) is 4.52. The number of hydrogen-bond donors (Lipinski definition) is 1. The first-order valence-corrected chi connectivity index (χ1v) is 4.85. The Morgan fingerprint density at radius 2 is 1.79 bits per heavy atom. The Morgan fingerprint density at radius 3 is 2.14 bits per heavy atom. The second kappa shape index (κ2) is 4.73. The third kappa shape index (κ3) is 7.98. The van der Waals surface area contributed by atoms with E-state index < -0.39 is 11.0 Å². The van der Waals surface area contributed by atoms with Crippen molar-refractivity contribution in [2.45, 2.75) is 51.1 Å². The monoisotopic (exact) mass is 220 g/mol. The predicted molar refractivity (Wildman–Crippen MR) is 55.7 cm³/mol. The van der Waals surface area contributed by atoms with Gasteiger partial charge in [-0.15, -0.1) is 0 Å². The van der Waals surface area contributed by atoms with Crippen LogP contribution in [0, 0.1) is 0 Å². The van der Waals surface area contributed by atoms with Gasteiger partial charge in [0.2, 0.25) is 0 Å². The number of carboxylic acid groups (broad SMARTS) is 1. The fraction of sp³-hybridized carbons (Fsp3) is 0.889. The van der Waals surface area contributed by atoms with Gasteiger partial charge in [0.05, 0.1) is 5.54 Å². The van der Waals surface area contributed by atoms with Crippen LogP contribution in [0.3, 0.4) is 0 Å². The van der Waals surface area contributed by atoms with E-state index in [1.165, 1.54) is 0 Å². The number of nitrogens with zero attached hydrogens (tertiary/aromatic N) is 2. The molecule has 0 heterocycles. The van der Waals surface area contributed by atoms with E-state index in [9.17, 15) is 4.79 Å². The van der Waals surface area contributed by atoms with Crippen LogP contribution >= 0.6 is 11.6 Å². The number of hydrogen-bond acceptors (Lipinski definition) is 3. The Morgan fingerprint density at radius 1 is 1.29 bits per heavy atom. The number of carboxylic acids is 1. The number of rotatable bonds is 4. The van der Waals surface area contributed by atoms with E-state index in [-0.39, 0.29) is 18.4 Å². The van der Waals surface area contributed by atoms with E-state index in [0.29, 0.717) is 0 Å². The molecule has 14 heavy (non-hydrogen) atoms. The highest BCUT2D eigenvalue weighted by molar-refractivity contribution is 6.23. The summed E-state index contributed by atoms with van der Waals surface area (Å²) in [5, 5.41) is 16.4. The lowest BCUT2D eigenvalue weighted by Gasteiger charge is -2.17. The molecule has 0 bridgehead atoms. The van der Waals surface area contributed by atoms with Gasteiger partial charge in [0.25, 0.3) is 0 Å². The third-order valence-electron chi connectivity index (χ3n) is 1.35. The van der Waals surface area contributed by atoms with Crippen LogP contribution in [0.4, 0.5) is 0 Å². The number of alkyl halides is 1. The Balaban J connectivity index is 4.20. The molecule has 0 aromatic carbocycles. The molecule has 0 aliphatic carbocycles. The molecule has 0 radical (unpaired) electrons. The summed E-state index contributed by atoms with van der Waals surface area (Å²) in [5.74, 6) is -0.872. The van der Waals surface area contributed by atoms with E-state index in [2.05, 4.69) is 10.2 Å². The van der Waals surface area contributed by atoms with Crippen molar-refractivity contribution in [1.29, 1.82) is 0 Å². The van der Waals surface area contributed by atoms with E-state index in [1.54, 1.807) is 6.92 Å². The summed E-state index contributed by atoms with van der Waals surface area (Å²) in [5.41, 5.74) is -0.278. The molecule has 0 amide bonds. The fourth-order valence-corrected chi connectivity index (χ4v) is 0.772. The lowest BCUT2D eigenvalue weighted by atomic mass is 10.1. The molecule has 0 aromatic heterocycles. The van der Waals surface area contributed by atoms with Crippen molar-refractivity contribution in [3.63, 3.8) is 0 Å². The van der Waals surface area contributed by atoms with Crippen molar-refractivity contribution < 1.29 is 9.90 Å². The van der Waals surface area contributed by atoms with E-state index in [1.807, 2.05) is 20.8 Å². The third-order valence-corrected chi connectivity index (χ3v) is 1.62. The predicted octanol–water partition coefficient (Wildman–Crippen LogP) is 3.06. The molecule has 4 nitrogen and oxygen atoms in total. The van der Waals surface area contributed by atoms with Crippen molar-refractivity contribution >= 4 is 17.6 Å². The second-order valence-corrected chi connectivity index (χ2v) is 5.22. The molecule has 0 rings (SSSR count). The van der Waals surface area contributed by atoms with Crippen molar-refractivity contribution in [2.24, 2.45) is 10.2 Å². The molecule has 82 valence electrons. The smallest absolute Gasteiger partial charge is 0.303 e. The molecule has 0 aliphatic heterocycles. The molecule has 1 unspecified atom stereocenters. The first kappa shape index (κ1) is 13.4. The molecule has 1 N–H and O–H groups in total. The molecule has 0 saturated heterocycles. The van der Waals surface area contributed by atoms with Gasteiger partial charge in [-0.2, -0.15) is 10.2 Å². The molecule has 0 aromatic rings. The molecule has 5 heteroatoms. The average Bonchev–Trinajstić information content (AvgIpc) is 1.97. The van der Waals surface area contributed by atoms with Gasteiger partial charge in [0.15, 0.2) is 5.00 Å². The standard InChI is InChI=1S/C9H17ClN2O2/c1-8(2,3)11-12-9(4,10)6-5-7(13)14/h5-6H2,1-4H3,(H,13,14)/b12-11+. The van der Waals surface area contributed by atoms with Gasteiger partial charge in [0, 0.05) is 6.42 Å². The summed E-state index contributed by atoms with van der Waals surface area (Å²) in [6.07, 6.45) is 0.284. The molecule has 0 saturated carbocycles. The van der Waals surface area contributed by atoms with Crippen LogP contribution in [-0.4, -0.2) is 21.6 Å². The maximum Gasteiger partial charge on any atom is 0.303 e. The number of carbonyl (C=O) groups is 1. The van der Waals surface area contributed by atoms with Gasteiger partial charge in [-0.25, -0.2) is 0 Å². The van der Waals surface area contributed by atoms with Crippen LogP contribution in [-0.2, 0) is 4.79 Å². The van der Waals surface area contributed by atoms with Crippen LogP contribution in [0.15, 0.2) is 10.2 Å². The summed E-state index contributed by atoms with van der Waals surface area (Å²) in [6.45, 7) is 7.37. The highest BCUT2D eigenvalue weighted by atomic mass is 35.5. The van der Waals surface area contributed by atoms with Crippen LogP contribution < -0.4 is 0 Å². The van der Waals surface area contributed by atoms with Crippen molar-refractivity contribution in [2.75, 3.05) is 0 Å². The SMILES string of the molecule is CC(C)(C)/N=N/C(C)(Cl)CCC(=O)O. The number of azo groups is 1. The summed E-state index contributed by atoms with van der Waals surface area (Å²) in [7, 11) is 0. The molecular weight excluding hydrogens is 204 g/mol. The van der Waals surface area contributed by atoms with E-state index >= 15 is 0 Å². The normalized spacial score (nSPS) is 16.9. The lowest BCUT2D eigenvalue weighted by molar-refractivity contribution is -0.137. The highest BCUT2D eigenvalue weighted by Crippen LogP contribution is 2.24. The zero-order valence-corrected chi connectivity index (χ0v) is 9.80. The summed E-state index contributed by atoms with van der Waals surface area (Å²) < 4.78 is 0. The summed E-state index contributed by atoms with van der Waals surface area (Å²) >= 11 is 5.96. The Hall–Kier alpha value is -0.640. The van der Waals surface area contributed by atoms with E-state index in [4.69, 9.17) is 16.7 Å². The Bertz CT molecular complexity index is 231. The number of aliphatic carboxylic acids is 1. The van der Waals surface area contributed by atoms with Gasteiger partial charge in [-0.3, -0.25) is 4.79 Å². The van der Waals surface area contributed by atoms with Gasteiger partial charge in [-0.1, -0.05) is 11.6 Å². The first-order valence-electron chi connectivity index (χ1n) is 4.47. The zero-order chi connectivity index (χ0) is 11.4.